The first-order valence-electron chi connectivity index (χ1n) is 11.0. The quantitative estimate of drug-likeness (QED) is 0.770. The van der Waals surface area contributed by atoms with Crippen molar-refractivity contribution in [3.05, 3.63) is 34.7 Å². The monoisotopic (exact) mass is 412 g/mol. The average molecular weight is 413 g/mol. The molecule has 2 aromatic rings. The molecule has 0 saturated carbocycles. The number of piperidine rings is 1. The topological polar surface area (TPSA) is 67.7 Å². The Morgan fingerprint density at radius 1 is 1.10 bits per heavy atom. The number of rotatable bonds is 3. The van der Waals surface area contributed by atoms with Gasteiger partial charge in [-0.2, -0.15) is 4.98 Å². The lowest BCUT2D eigenvalue weighted by Crippen LogP contribution is -2.42. The molecule has 7 heteroatoms. The molecule has 0 radical (unpaired) electrons. The normalized spacial score (nSPS) is 18.2. The zero-order valence-electron chi connectivity index (χ0n) is 18.3. The minimum Gasteiger partial charge on any atom is -0.444 e. The van der Waals surface area contributed by atoms with E-state index < -0.39 is 5.60 Å². The van der Waals surface area contributed by atoms with Crippen LogP contribution in [0.4, 0.5) is 10.6 Å². The summed E-state index contributed by atoms with van der Waals surface area (Å²) >= 11 is 0. The Morgan fingerprint density at radius 3 is 2.43 bits per heavy atom. The molecule has 3 heterocycles. The molecule has 0 atom stereocenters. The highest BCUT2D eigenvalue weighted by Gasteiger charge is 2.28. The van der Waals surface area contributed by atoms with Crippen molar-refractivity contribution in [3.63, 3.8) is 0 Å². The van der Waals surface area contributed by atoms with E-state index in [0.29, 0.717) is 25.6 Å². The van der Waals surface area contributed by atoms with Gasteiger partial charge in [0, 0.05) is 38.1 Å². The smallest absolute Gasteiger partial charge is 0.410 e. The van der Waals surface area contributed by atoms with E-state index in [1.54, 1.807) is 4.90 Å². The maximum atomic E-state index is 13.0. The SMILES string of the molecule is CC(C)(C)OC(=O)N1CCC(Cn2c(=O)nc(N3CCCC3)c3ccccc32)CC1. The first kappa shape index (κ1) is 20.7. The van der Waals surface area contributed by atoms with Crippen LogP contribution in [0.3, 0.4) is 0 Å². The molecule has 0 spiro atoms. The molecule has 0 bridgehead atoms. The minimum absolute atomic E-state index is 0.176. The summed E-state index contributed by atoms with van der Waals surface area (Å²) < 4.78 is 7.31. The zero-order chi connectivity index (χ0) is 21.3. The number of benzene rings is 1. The second-order valence-electron chi connectivity index (χ2n) is 9.45. The molecule has 0 aliphatic carbocycles. The van der Waals surface area contributed by atoms with Crippen molar-refractivity contribution < 1.29 is 9.53 Å². The first-order chi connectivity index (χ1) is 14.3. The van der Waals surface area contributed by atoms with Crippen LogP contribution in [0.5, 0.6) is 0 Å². The Balaban J connectivity index is 1.50. The van der Waals surface area contributed by atoms with Gasteiger partial charge in [0.15, 0.2) is 0 Å². The summed E-state index contributed by atoms with van der Waals surface area (Å²) in [6.07, 6.45) is 3.76. The molecule has 0 unspecified atom stereocenters. The maximum Gasteiger partial charge on any atom is 0.410 e. The Bertz CT molecular complexity index is 965. The number of anilines is 1. The molecule has 2 fully saturated rings. The van der Waals surface area contributed by atoms with Gasteiger partial charge in [-0.1, -0.05) is 12.1 Å². The fraction of sp³-hybridized carbons (Fsp3) is 0.609. The molecule has 2 aliphatic heterocycles. The van der Waals surface area contributed by atoms with Gasteiger partial charge in [0.1, 0.15) is 11.4 Å². The number of likely N-dealkylation sites (tertiary alicyclic amines) is 1. The van der Waals surface area contributed by atoms with Gasteiger partial charge in [-0.3, -0.25) is 4.57 Å². The lowest BCUT2D eigenvalue weighted by Gasteiger charge is -2.33. The largest absolute Gasteiger partial charge is 0.444 e. The third-order valence-corrected chi connectivity index (χ3v) is 5.98. The van der Waals surface area contributed by atoms with Crippen molar-refractivity contribution in [2.24, 2.45) is 5.92 Å². The fourth-order valence-corrected chi connectivity index (χ4v) is 4.44. The van der Waals surface area contributed by atoms with E-state index >= 15 is 0 Å². The summed E-state index contributed by atoms with van der Waals surface area (Å²) in [7, 11) is 0. The Labute approximate surface area is 177 Å². The van der Waals surface area contributed by atoms with Gasteiger partial charge in [-0.25, -0.2) is 9.59 Å². The Hall–Kier alpha value is -2.57. The number of para-hydroxylation sites is 1. The molecule has 1 aromatic heterocycles. The highest BCUT2D eigenvalue weighted by Crippen LogP contribution is 2.27. The van der Waals surface area contributed by atoms with Crippen LogP contribution in [0.15, 0.2) is 29.1 Å². The predicted octanol–water partition coefficient (Wildman–Crippen LogP) is 3.64. The number of carbonyl (C=O) groups excluding carboxylic acids is 1. The van der Waals surface area contributed by atoms with Crippen LogP contribution in [0.2, 0.25) is 0 Å². The molecule has 2 saturated heterocycles. The maximum absolute atomic E-state index is 13.0. The summed E-state index contributed by atoms with van der Waals surface area (Å²) in [6.45, 7) is 9.52. The van der Waals surface area contributed by atoms with Gasteiger partial charge < -0.3 is 14.5 Å². The number of amides is 1. The third kappa shape index (κ3) is 4.45. The van der Waals surface area contributed by atoms with E-state index in [-0.39, 0.29) is 11.8 Å². The highest BCUT2D eigenvalue weighted by molar-refractivity contribution is 5.89. The van der Waals surface area contributed by atoms with Gasteiger partial charge in [0.05, 0.1) is 5.52 Å². The Morgan fingerprint density at radius 2 is 1.77 bits per heavy atom. The van der Waals surface area contributed by atoms with Crippen molar-refractivity contribution in [1.29, 1.82) is 0 Å². The molecule has 30 heavy (non-hydrogen) atoms. The van der Waals surface area contributed by atoms with E-state index in [2.05, 4.69) is 16.0 Å². The van der Waals surface area contributed by atoms with Crippen molar-refractivity contribution >= 4 is 22.8 Å². The lowest BCUT2D eigenvalue weighted by molar-refractivity contribution is 0.0178. The van der Waals surface area contributed by atoms with Crippen LogP contribution in [0.25, 0.3) is 10.9 Å². The van der Waals surface area contributed by atoms with Crippen molar-refractivity contribution in [3.8, 4) is 0 Å². The third-order valence-electron chi connectivity index (χ3n) is 5.98. The number of carbonyl (C=O) groups is 1. The van der Waals surface area contributed by atoms with Gasteiger partial charge in [0.2, 0.25) is 0 Å². The van der Waals surface area contributed by atoms with Crippen molar-refractivity contribution in [2.45, 2.75) is 58.6 Å². The fourth-order valence-electron chi connectivity index (χ4n) is 4.44. The van der Waals surface area contributed by atoms with E-state index in [1.165, 1.54) is 0 Å². The molecular formula is C23H32N4O3. The number of fused-ring (bicyclic) bond motifs is 1. The molecule has 4 rings (SSSR count). The molecule has 0 N–H and O–H groups in total. The molecule has 162 valence electrons. The van der Waals surface area contributed by atoms with Crippen molar-refractivity contribution in [1.82, 2.24) is 14.5 Å². The number of hydrogen-bond donors (Lipinski definition) is 0. The first-order valence-corrected chi connectivity index (χ1v) is 11.0. The molecule has 7 nitrogen and oxygen atoms in total. The van der Waals surface area contributed by atoms with Crippen molar-refractivity contribution in [2.75, 3.05) is 31.1 Å². The van der Waals surface area contributed by atoms with E-state index in [9.17, 15) is 9.59 Å². The second kappa shape index (κ2) is 8.28. The molecule has 2 aliphatic rings. The van der Waals surface area contributed by atoms with Gasteiger partial charge in [0.25, 0.3) is 0 Å². The number of nitrogens with zero attached hydrogens (tertiary/aromatic N) is 4. The van der Waals surface area contributed by atoms with Gasteiger partial charge in [-0.05, 0) is 64.5 Å². The molecular weight excluding hydrogens is 380 g/mol. The van der Waals surface area contributed by atoms with Crippen LogP contribution in [-0.2, 0) is 11.3 Å². The summed E-state index contributed by atoms with van der Waals surface area (Å²) in [6, 6.07) is 8.08. The number of hydrogen-bond acceptors (Lipinski definition) is 5. The molecule has 1 amide bonds. The van der Waals surface area contributed by atoms with E-state index in [1.807, 2.05) is 43.5 Å². The van der Waals surface area contributed by atoms with E-state index in [0.717, 1.165) is 55.5 Å². The highest BCUT2D eigenvalue weighted by atomic mass is 16.6. The minimum atomic E-state index is -0.483. The van der Waals surface area contributed by atoms with Gasteiger partial charge >= 0.3 is 11.8 Å². The predicted molar refractivity (Wildman–Crippen MR) is 118 cm³/mol. The summed E-state index contributed by atoms with van der Waals surface area (Å²) in [5.74, 6) is 1.16. The van der Waals surface area contributed by atoms with Crippen LogP contribution in [-0.4, -0.2) is 52.3 Å². The van der Waals surface area contributed by atoms with E-state index in [4.69, 9.17) is 4.74 Å². The Kier molecular flexibility index (Phi) is 5.71. The van der Waals surface area contributed by atoms with Gasteiger partial charge in [-0.15, -0.1) is 0 Å². The summed E-state index contributed by atoms with van der Waals surface area (Å²) in [4.78, 5) is 33.7. The summed E-state index contributed by atoms with van der Waals surface area (Å²) in [5, 5.41) is 1.05. The zero-order valence-corrected chi connectivity index (χ0v) is 18.3. The van der Waals surface area contributed by atoms with Crippen LogP contribution in [0, 0.1) is 5.92 Å². The lowest BCUT2D eigenvalue weighted by atomic mass is 9.96. The van der Waals surface area contributed by atoms with Crippen LogP contribution >= 0.6 is 0 Å². The van der Waals surface area contributed by atoms with Crippen LogP contribution < -0.4 is 10.6 Å². The standard InChI is InChI=1S/C23H32N4O3/c1-23(2,3)30-22(29)26-14-10-17(11-15-26)16-27-19-9-5-4-8-18(19)20(24-21(27)28)25-12-6-7-13-25/h4-5,8-9,17H,6-7,10-16H2,1-3H3. The summed E-state index contributed by atoms with van der Waals surface area (Å²) in [5.41, 5.74) is 0.294. The molecule has 1 aromatic carbocycles. The number of aromatic nitrogens is 2. The van der Waals surface area contributed by atoms with Crippen LogP contribution in [0.1, 0.15) is 46.5 Å². The average Bonchev–Trinajstić information content (AvgIpc) is 3.24. The second-order valence-corrected chi connectivity index (χ2v) is 9.45. The number of ether oxygens (including phenoxy) is 1.